The van der Waals surface area contributed by atoms with Crippen LogP contribution in [0.1, 0.15) is 5.69 Å². The van der Waals surface area contributed by atoms with Crippen LogP contribution >= 0.6 is 0 Å². The number of hydrogen-bond donors (Lipinski definition) is 2. The van der Waals surface area contributed by atoms with Gasteiger partial charge in [-0.15, -0.1) is 0 Å². The van der Waals surface area contributed by atoms with Crippen LogP contribution in [0.25, 0.3) is 10.8 Å². The minimum absolute atomic E-state index is 0. The van der Waals surface area contributed by atoms with Gasteiger partial charge in [0, 0.05) is 12.3 Å². The van der Waals surface area contributed by atoms with Gasteiger partial charge in [0.05, 0.1) is 5.39 Å². The Balaban J connectivity index is 0.00000112. The third kappa shape index (κ3) is 1.59. The number of aromatic hydroxyl groups is 2. The average molecular weight is 226 g/mol. The second-order valence-corrected chi connectivity index (χ2v) is 3.36. The largest absolute Gasteiger partial charge is 1.00 e. The number of rotatable bonds is 0. The molecule has 0 radical (unpaired) electrons. The molecule has 0 aliphatic rings. The molecule has 0 aliphatic carbocycles. The van der Waals surface area contributed by atoms with Gasteiger partial charge in [-0.1, -0.05) is 18.2 Å². The molecular formula is C11H12ClNO2. The van der Waals surface area contributed by atoms with Gasteiger partial charge in [0.15, 0.2) is 5.69 Å². The first-order chi connectivity index (χ1) is 6.63. The van der Waals surface area contributed by atoms with Crippen LogP contribution in [0.5, 0.6) is 11.6 Å². The van der Waals surface area contributed by atoms with Gasteiger partial charge in [-0.3, -0.25) is 0 Å². The van der Waals surface area contributed by atoms with Crippen LogP contribution in [0.2, 0.25) is 0 Å². The van der Waals surface area contributed by atoms with Crippen molar-refractivity contribution in [2.45, 2.75) is 6.92 Å². The van der Waals surface area contributed by atoms with Gasteiger partial charge < -0.3 is 22.6 Å². The van der Waals surface area contributed by atoms with Crippen molar-refractivity contribution in [3.63, 3.8) is 0 Å². The van der Waals surface area contributed by atoms with Gasteiger partial charge in [-0.05, 0) is 6.07 Å². The Morgan fingerprint density at radius 2 is 1.60 bits per heavy atom. The van der Waals surface area contributed by atoms with Crippen LogP contribution in [0.3, 0.4) is 0 Å². The molecular weight excluding hydrogens is 214 g/mol. The zero-order chi connectivity index (χ0) is 10.3. The number of fused-ring (bicyclic) bond motifs is 1. The molecule has 0 aliphatic heterocycles. The summed E-state index contributed by atoms with van der Waals surface area (Å²) in [6, 6.07) is 7.45. The first-order valence-corrected chi connectivity index (χ1v) is 4.42. The van der Waals surface area contributed by atoms with Crippen LogP contribution in [0.4, 0.5) is 0 Å². The zero-order valence-corrected chi connectivity index (χ0v) is 9.28. The predicted molar refractivity (Wildman–Crippen MR) is 53.2 cm³/mol. The third-order valence-corrected chi connectivity index (χ3v) is 2.60. The minimum Gasteiger partial charge on any atom is -1.00 e. The van der Waals surface area contributed by atoms with Gasteiger partial charge in [-0.2, -0.15) is 4.57 Å². The molecule has 2 aromatic rings. The average Bonchev–Trinajstić information content (AvgIpc) is 2.23. The van der Waals surface area contributed by atoms with Crippen molar-refractivity contribution in [3.8, 4) is 11.6 Å². The molecule has 0 fully saturated rings. The van der Waals surface area contributed by atoms with Gasteiger partial charge in [0.1, 0.15) is 7.05 Å². The Morgan fingerprint density at radius 1 is 1.07 bits per heavy atom. The summed E-state index contributed by atoms with van der Waals surface area (Å²) >= 11 is 0. The van der Waals surface area contributed by atoms with Crippen molar-refractivity contribution in [2.24, 2.45) is 7.05 Å². The maximum atomic E-state index is 9.69. The lowest BCUT2D eigenvalue weighted by Gasteiger charge is -2.04. The summed E-state index contributed by atoms with van der Waals surface area (Å²) in [6.07, 6.45) is 0. The molecule has 1 aromatic carbocycles. The molecule has 3 nitrogen and oxygen atoms in total. The number of aromatic nitrogens is 1. The number of halogens is 1. The van der Waals surface area contributed by atoms with Crippen LogP contribution in [0.15, 0.2) is 24.3 Å². The smallest absolute Gasteiger partial charge is 0.409 e. The third-order valence-electron chi connectivity index (χ3n) is 2.60. The van der Waals surface area contributed by atoms with Crippen molar-refractivity contribution in [2.75, 3.05) is 0 Å². The first kappa shape index (κ1) is 11.6. The van der Waals surface area contributed by atoms with E-state index < -0.39 is 0 Å². The Kier molecular flexibility index (Phi) is 3.05. The fourth-order valence-corrected chi connectivity index (χ4v) is 1.62. The summed E-state index contributed by atoms with van der Waals surface area (Å²) < 4.78 is 1.57. The van der Waals surface area contributed by atoms with E-state index in [1.807, 2.05) is 25.1 Å². The molecule has 2 rings (SSSR count). The molecule has 1 heterocycles. The molecule has 0 bridgehead atoms. The van der Waals surface area contributed by atoms with Crippen molar-refractivity contribution in [3.05, 3.63) is 30.0 Å². The molecule has 0 atom stereocenters. The first-order valence-electron chi connectivity index (χ1n) is 4.42. The summed E-state index contributed by atoms with van der Waals surface area (Å²) in [5, 5.41) is 20.9. The van der Waals surface area contributed by atoms with Gasteiger partial charge in [-0.25, -0.2) is 0 Å². The van der Waals surface area contributed by atoms with Crippen molar-refractivity contribution < 1.29 is 27.2 Å². The standard InChI is InChI=1S/C11H11NO2.ClH/c1-7-8-5-3-4-6-9(8)10(13)11(14)12(7)2;/h3-6,13H,1-2H3;1H. The summed E-state index contributed by atoms with van der Waals surface area (Å²) in [6.45, 7) is 1.90. The van der Waals surface area contributed by atoms with Crippen LogP contribution in [-0.2, 0) is 7.05 Å². The normalized spacial score (nSPS) is 10.0. The lowest BCUT2D eigenvalue weighted by atomic mass is 10.1. The maximum Gasteiger partial charge on any atom is 0.409 e. The van der Waals surface area contributed by atoms with Crippen LogP contribution < -0.4 is 17.0 Å². The van der Waals surface area contributed by atoms with Crippen LogP contribution in [0, 0.1) is 6.92 Å². The summed E-state index contributed by atoms with van der Waals surface area (Å²) in [7, 11) is 1.72. The fourth-order valence-electron chi connectivity index (χ4n) is 1.62. The highest BCUT2D eigenvalue weighted by Crippen LogP contribution is 2.31. The summed E-state index contributed by atoms with van der Waals surface area (Å²) in [5.41, 5.74) is 0.927. The highest BCUT2D eigenvalue weighted by atomic mass is 35.5. The Bertz CT molecular complexity index is 465. The Labute approximate surface area is 94.0 Å². The number of benzene rings is 1. The number of hydrogen-bond acceptors (Lipinski definition) is 2. The summed E-state index contributed by atoms with van der Waals surface area (Å²) in [4.78, 5) is 0. The second kappa shape index (κ2) is 3.95. The second-order valence-electron chi connectivity index (χ2n) is 3.36. The van der Waals surface area contributed by atoms with E-state index in [0.717, 1.165) is 11.1 Å². The van der Waals surface area contributed by atoms with E-state index in [2.05, 4.69) is 0 Å². The highest BCUT2D eigenvalue weighted by molar-refractivity contribution is 5.89. The lowest BCUT2D eigenvalue weighted by molar-refractivity contribution is -0.682. The SMILES string of the molecule is Cc1c2ccccc2c(O)c(O)[n+]1C.[Cl-]. The quantitative estimate of drug-likeness (QED) is 0.530. The summed E-state index contributed by atoms with van der Waals surface area (Å²) in [5.74, 6) is -0.157. The van der Waals surface area contributed by atoms with Gasteiger partial charge >= 0.3 is 5.88 Å². The predicted octanol–water partition coefficient (Wildman–Crippen LogP) is -1.61. The van der Waals surface area contributed by atoms with Crippen LogP contribution in [-0.4, -0.2) is 10.2 Å². The maximum absolute atomic E-state index is 9.69. The Hall–Kier alpha value is -1.48. The fraction of sp³-hybridized carbons (Fsp3) is 0.182. The van der Waals surface area contributed by atoms with E-state index in [1.54, 1.807) is 17.7 Å². The monoisotopic (exact) mass is 225 g/mol. The molecule has 0 unspecified atom stereocenters. The van der Waals surface area contributed by atoms with E-state index in [1.165, 1.54) is 0 Å². The van der Waals surface area contributed by atoms with E-state index in [4.69, 9.17) is 0 Å². The zero-order valence-electron chi connectivity index (χ0n) is 8.53. The molecule has 2 N–H and O–H groups in total. The molecule has 0 saturated heterocycles. The molecule has 80 valence electrons. The van der Waals surface area contributed by atoms with Crippen molar-refractivity contribution in [1.82, 2.24) is 0 Å². The molecule has 4 heteroatoms. The van der Waals surface area contributed by atoms with Gasteiger partial charge in [0.25, 0.3) is 0 Å². The molecule has 1 aromatic heterocycles. The molecule has 0 saturated carbocycles. The minimum atomic E-state index is -0.0961. The number of pyridine rings is 1. The Morgan fingerprint density at radius 3 is 2.20 bits per heavy atom. The highest BCUT2D eigenvalue weighted by Gasteiger charge is 2.19. The van der Waals surface area contributed by atoms with Gasteiger partial charge in [0.2, 0.25) is 5.75 Å². The van der Waals surface area contributed by atoms with E-state index >= 15 is 0 Å². The van der Waals surface area contributed by atoms with E-state index in [0.29, 0.717) is 5.39 Å². The molecule has 0 spiro atoms. The van der Waals surface area contributed by atoms with Crippen molar-refractivity contribution >= 4 is 10.8 Å². The van der Waals surface area contributed by atoms with E-state index in [9.17, 15) is 10.2 Å². The van der Waals surface area contributed by atoms with E-state index in [-0.39, 0.29) is 24.0 Å². The lowest BCUT2D eigenvalue weighted by Crippen LogP contribution is -3.00. The molecule has 0 amide bonds. The number of nitrogens with zero attached hydrogens (tertiary/aromatic N) is 1. The molecule has 15 heavy (non-hydrogen) atoms. The number of aryl methyl sites for hydroxylation is 1. The topological polar surface area (TPSA) is 44.3 Å². The van der Waals surface area contributed by atoms with Crippen molar-refractivity contribution in [1.29, 1.82) is 0 Å².